The lowest BCUT2D eigenvalue weighted by Crippen LogP contribution is -2.37. The number of aryl methyl sites for hydroxylation is 1. The van der Waals surface area contributed by atoms with E-state index in [-0.39, 0.29) is 39.9 Å². The van der Waals surface area contributed by atoms with Gasteiger partial charge in [0, 0.05) is 26.4 Å². The first kappa shape index (κ1) is 24.7. The Morgan fingerprint density at radius 1 is 1.38 bits per heavy atom. The zero-order valence-corrected chi connectivity index (χ0v) is 21.2. The van der Waals surface area contributed by atoms with E-state index in [2.05, 4.69) is 28.4 Å². The Hall–Kier alpha value is -3.94. The van der Waals surface area contributed by atoms with Crippen LogP contribution in [0.25, 0.3) is 21.9 Å². The molecule has 1 saturated heterocycles. The highest BCUT2D eigenvalue weighted by atomic mass is 35.5. The largest absolute Gasteiger partial charge is 0.383 e. The Morgan fingerprint density at radius 2 is 2.19 bits per heavy atom. The first-order chi connectivity index (χ1) is 17.9. The first-order valence-electron chi connectivity index (χ1n) is 11.8. The highest BCUT2D eigenvalue weighted by Crippen LogP contribution is 2.33. The smallest absolute Gasteiger partial charge is 0.246 e. The zero-order valence-electron chi connectivity index (χ0n) is 20.4. The molecule has 0 saturated carbocycles. The summed E-state index contributed by atoms with van der Waals surface area (Å²) in [5, 5.41) is 5.47. The molecule has 1 aliphatic heterocycles. The summed E-state index contributed by atoms with van der Waals surface area (Å²) in [5.41, 5.74) is 8.11. The van der Waals surface area contributed by atoms with Gasteiger partial charge in [-0.2, -0.15) is 5.10 Å². The van der Waals surface area contributed by atoms with E-state index in [1.807, 2.05) is 11.5 Å². The average Bonchev–Trinajstić information content (AvgIpc) is 3.59. The molecule has 0 aliphatic carbocycles. The fourth-order valence-corrected chi connectivity index (χ4v) is 5.13. The van der Waals surface area contributed by atoms with E-state index in [1.165, 1.54) is 6.08 Å². The second-order valence-electron chi connectivity index (χ2n) is 8.77. The van der Waals surface area contributed by atoms with Crippen LogP contribution in [-0.2, 0) is 16.1 Å². The molecule has 1 aliphatic rings. The summed E-state index contributed by atoms with van der Waals surface area (Å²) in [6.45, 7) is 6.99. The minimum absolute atomic E-state index is 0.0319. The van der Waals surface area contributed by atoms with Gasteiger partial charge in [0.1, 0.15) is 17.0 Å². The van der Waals surface area contributed by atoms with E-state index >= 15 is 4.39 Å². The van der Waals surface area contributed by atoms with E-state index in [4.69, 9.17) is 27.2 Å². The van der Waals surface area contributed by atoms with Crippen LogP contribution in [0.15, 0.2) is 37.3 Å². The van der Waals surface area contributed by atoms with Gasteiger partial charge < -0.3 is 19.9 Å². The van der Waals surface area contributed by atoms with Gasteiger partial charge in [-0.25, -0.2) is 14.4 Å². The number of pyridine rings is 1. The zero-order chi connectivity index (χ0) is 26.3. The molecule has 11 heteroatoms. The topological polar surface area (TPSA) is 104 Å². The highest BCUT2D eigenvalue weighted by molar-refractivity contribution is 6.32. The van der Waals surface area contributed by atoms with Crippen LogP contribution in [-0.4, -0.2) is 61.4 Å². The highest BCUT2D eigenvalue weighted by Gasteiger charge is 2.36. The fraction of sp³-hybridized carbons (Fsp3) is 0.308. The number of likely N-dealkylation sites (tertiary alicyclic amines) is 1. The number of aromatic nitrogens is 5. The van der Waals surface area contributed by atoms with Crippen LogP contribution in [0.5, 0.6) is 0 Å². The Morgan fingerprint density at radius 3 is 2.92 bits per heavy atom. The van der Waals surface area contributed by atoms with Gasteiger partial charge in [0.25, 0.3) is 0 Å². The van der Waals surface area contributed by atoms with Crippen molar-refractivity contribution in [2.45, 2.75) is 32.0 Å². The van der Waals surface area contributed by atoms with Crippen LogP contribution in [0.3, 0.4) is 0 Å². The fourth-order valence-electron chi connectivity index (χ4n) is 4.90. The number of ether oxygens (including phenoxy) is 1. The number of nitrogens with two attached hydrogens (primary N) is 1. The van der Waals surface area contributed by atoms with Crippen molar-refractivity contribution in [3.05, 3.63) is 59.4 Å². The third kappa shape index (κ3) is 4.20. The third-order valence-corrected chi connectivity index (χ3v) is 6.96. The number of methoxy groups -OCH3 is 1. The molecule has 0 unspecified atom stereocenters. The van der Waals surface area contributed by atoms with Crippen molar-refractivity contribution in [3.63, 3.8) is 0 Å². The molecule has 4 aromatic rings. The minimum atomic E-state index is -0.589. The summed E-state index contributed by atoms with van der Waals surface area (Å²) >= 11 is 6.42. The minimum Gasteiger partial charge on any atom is -0.383 e. The Balaban J connectivity index is 1.59. The van der Waals surface area contributed by atoms with Gasteiger partial charge in [0.15, 0.2) is 5.82 Å². The molecule has 4 heterocycles. The molecule has 190 valence electrons. The van der Waals surface area contributed by atoms with Gasteiger partial charge in [-0.15, -0.1) is 0 Å². The lowest BCUT2D eigenvalue weighted by atomic mass is 10.1. The molecule has 2 N–H and O–H groups in total. The predicted molar refractivity (Wildman–Crippen MR) is 140 cm³/mol. The standard InChI is InChI=1S/C26H25ClFN7O2/c1-4-22(36)34-12-15(10-16(34)13-37-3)35-20-8-9-30-26(29)23(20)19(32-35)7-6-17-18(27)11-21-25(24(17)28)31-14-33(21)5-2/h4,8-9,11,14-16H,1,5,10,12-13H2,2-3H3,(H2,29,30)/t15-,16+/m0/s1. The Bertz CT molecular complexity index is 1600. The van der Waals surface area contributed by atoms with Gasteiger partial charge in [-0.1, -0.05) is 24.1 Å². The number of amides is 1. The molecule has 5 rings (SSSR count). The van der Waals surface area contributed by atoms with Crippen LogP contribution >= 0.6 is 11.6 Å². The first-order valence-corrected chi connectivity index (χ1v) is 12.1. The number of nitrogens with zero attached hydrogens (tertiary/aromatic N) is 6. The quantitative estimate of drug-likeness (QED) is 0.318. The van der Waals surface area contributed by atoms with Gasteiger partial charge in [-0.05, 0) is 37.5 Å². The number of carbonyl (C=O) groups is 1. The summed E-state index contributed by atoms with van der Waals surface area (Å²) < 4.78 is 24.3. The Kier molecular flexibility index (Phi) is 6.58. The third-order valence-electron chi connectivity index (χ3n) is 6.66. The van der Waals surface area contributed by atoms with Crippen LogP contribution in [0.1, 0.15) is 30.6 Å². The molecule has 9 nitrogen and oxygen atoms in total. The summed E-state index contributed by atoms with van der Waals surface area (Å²) in [4.78, 5) is 22.6. The van der Waals surface area contributed by atoms with Crippen molar-refractivity contribution in [1.29, 1.82) is 0 Å². The average molecular weight is 522 g/mol. The van der Waals surface area contributed by atoms with Crippen molar-refractivity contribution in [3.8, 4) is 11.8 Å². The van der Waals surface area contributed by atoms with Gasteiger partial charge in [0.2, 0.25) is 5.91 Å². The molecule has 1 aromatic carbocycles. The number of carbonyl (C=O) groups excluding carboxylic acids is 1. The van der Waals surface area contributed by atoms with E-state index in [9.17, 15) is 4.79 Å². The van der Waals surface area contributed by atoms with Crippen LogP contribution < -0.4 is 5.73 Å². The van der Waals surface area contributed by atoms with Crippen molar-refractivity contribution in [2.75, 3.05) is 26.0 Å². The number of anilines is 1. The molecule has 3 aromatic heterocycles. The predicted octanol–water partition coefficient (Wildman–Crippen LogP) is 3.55. The summed E-state index contributed by atoms with van der Waals surface area (Å²) in [6, 6.07) is 3.17. The molecule has 0 bridgehead atoms. The summed E-state index contributed by atoms with van der Waals surface area (Å²) in [5.74, 6) is 5.29. The van der Waals surface area contributed by atoms with Crippen molar-refractivity contribution in [2.24, 2.45) is 0 Å². The molecule has 1 amide bonds. The molecule has 0 spiro atoms. The summed E-state index contributed by atoms with van der Waals surface area (Å²) in [6.07, 6.45) is 5.08. The number of fused-ring (bicyclic) bond motifs is 2. The van der Waals surface area contributed by atoms with Gasteiger partial charge in [0.05, 0.1) is 52.0 Å². The van der Waals surface area contributed by atoms with Crippen LogP contribution in [0.2, 0.25) is 5.02 Å². The lowest BCUT2D eigenvalue weighted by Gasteiger charge is -2.22. The van der Waals surface area contributed by atoms with Crippen LogP contribution in [0.4, 0.5) is 10.2 Å². The molecule has 37 heavy (non-hydrogen) atoms. The molecular weight excluding hydrogens is 497 g/mol. The number of halogens is 2. The SMILES string of the molecule is C=CC(=O)N1C[C@@H](n2nc(C#Cc3c(Cl)cc4c(ncn4CC)c3F)c3c(N)nccc32)C[C@@H]1COC. The van der Waals surface area contributed by atoms with Crippen LogP contribution in [0, 0.1) is 17.7 Å². The maximum Gasteiger partial charge on any atom is 0.246 e. The second-order valence-corrected chi connectivity index (χ2v) is 9.18. The number of hydrogen-bond donors (Lipinski definition) is 1. The molecule has 1 fully saturated rings. The second kappa shape index (κ2) is 9.84. The lowest BCUT2D eigenvalue weighted by molar-refractivity contribution is -0.127. The number of hydrogen-bond acceptors (Lipinski definition) is 6. The van der Waals surface area contributed by atoms with Crippen molar-refractivity contribution in [1.82, 2.24) is 29.2 Å². The van der Waals surface area contributed by atoms with E-state index < -0.39 is 5.82 Å². The monoisotopic (exact) mass is 521 g/mol. The molecular formula is C26H25ClFN7O2. The summed E-state index contributed by atoms with van der Waals surface area (Å²) in [7, 11) is 1.60. The van der Waals surface area contributed by atoms with Gasteiger partial charge in [-0.3, -0.25) is 9.48 Å². The Labute approximate surface area is 217 Å². The van der Waals surface area contributed by atoms with E-state index in [0.717, 1.165) is 5.52 Å². The number of benzene rings is 1. The number of nitrogen functional groups attached to an aromatic ring is 1. The normalized spacial score (nSPS) is 17.4. The molecule has 2 atom stereocenters. The van der Waals surface area contributed by atoms with E-state index in [0.29, 0.717) is 42.7 Å². The molecule has 0 radical (unpaired) electrons. The maximum absolute atomic E-state index is 15.3. The van der Waals surface area contributed by atoms with Gasteiger partial charge >= 0.3 is 0 Å². The number of imidazole rings is 1. The number of rotatable bonds is 5. The van der Waals surface area contributed by atoms with E-state index in [1.54, 1.807) is 41.3 Å². The van der Waals surface area contributed by atoms with Crippen molar-refractivity contribution >= 4 is 45.3 Å². The van der Waals surface area contributed by atoms with Crippen molar-refractivity contribution < 1.29 is 13.9 Å². The maximum atomic E-state index is 15.3.